The Morgan fingerprint density at radius 3 is 2.14 bits per heavy atom. The van der Waals surface area contributed by atoms with E-state index < -0.39 is 6.36 Å². The van der Waals surface area contributed by atoms with Crippen LogP contribution in [0.2, 0.25) is 0 Å². The van der Waals surface area contributed by atoms with Crippen LogP contribution in [0.3, 0.4) is 0 Å². The van der Waals surface area contributed by atoms with Gasteiger partial charge in [0.2, 0.25) is 0 Å². The first-order chi connectivity index (χ1) is 9.81. The van der Waals surface area contributed by atoms with Crippen molar-refractivity contribution >= 4 is 6.29 Å². The molecule has 0 atom stereocenters. The van der Waals surface area contributed by atoms with E-state index in [-0.39, 0.29) is 5.75 Å². The van der Waals surface area contributed by atoms with E-state index in [9.17, 15) is 18.0 Å². The van der Waals surface area contributed by atoms with Crippen molar-refractivity contribution in [3.63, 3.8) is 0 Å². The predicted octanol–water partition coefficient (Wildman–Crippen LogP) is 4.68. The average Bonchev–Trinajstić information content (AvgIpc) is 2.37. The molecule has 21 heavy (non-hydrogen) atoms. The average molecular weight is 294 g/mol. The fourth-order valence-electron chi connectivity index (χ4n) is 2.23. The van der Waals surface area contributed by atoms with Gasteiger partial charge in [0.05, 0.1) is 0 Å². The van der Waals surface area contributed by atoms with Gasteiger partial charge in [-0.05, 0) is 36.6 Å². The third-order valence-electron chi connectivity index (χ3n) is 3.14. The van der Waals surface area contributed by atoms with Crippen molar-refractivity contribution in [2.45, 2.75) is 20.2 Å². The first-order valence-electron chi connectivity index (χ1n) is 6.23. The zero-order valence-corrected chi connectivity index (χ0v) is 11.5. The molecule has 0 bridgehead atoms. The summed E-state index contributed by atoms with van der Waals surface area (Å²) in [5, 5.41) is 0. The minimum Gasteiger partial charge on any atom is -0.405 e. The highest BCUT2D eigenvalue weighted by Crippen LogP contribution is 2.35. The minimum atomic E-state index is -4.75. The summed E-state index contributed by atoms with van der Waals surface area (Å²) in [6, 6.07) is 9.28. The molecule has 2 aromatic rings. The molecule has 2 rings (SSSR count). The highest BCUT2D eigenvalue weighted by Gasteiger charge is 2.32. The van der Waals surface area contributed by atoms with Crippen molar-refractivity contribution in [3.8, 4) is 16.9 Å². The number of para-hydroxylation sites is 1. The van der Waals surface area contributed by atoms with Gasteiger partial charge in [-0.3, -0.25) is 4.79 Å². The van der Waals surface area contributed by atoms with Gasteiger partial charge < -0.3 is 4.74 Å². The molecule has 0 unspecified atom stereocenters. The molecule has 0 aliphatic heterocycles. The summed E-state index contributed by atoms with van der Waals surface area (Å²) in [5.41, 5.74) is 2.88. The Labute approximate surface area is 120 Å². The van der Waals surface area contributed by atoms with Crippen LogP contribution in [0.1, 0.15) is 21.5 Å². The van der Waals surface area contributed by atoms with Gasteiger partial charge >= 0.3 is 6.36 Å². The van der Waals surface area contributed by atoms with E-state index in [1.54, 1.807) is 38.1 Å². The normalized spacial score (nSPS) is 11.3. The van der Waals surface area contributed by atoms with E-state index in [1.165, 1.54) is 12.1 Å². The minimum absolute atomic E-state index is 0.261. The Balaban J connectivity index is 2.55. The van der Waals surface area contributed by atoms with Crippen LogP contribution in [0.5, 0.6) is 5.75 Å². The number of aldehydes is 1. The molecule has 5 heteroatoms. The molecule has 2 aromatic carbocycles. The second-order valence-corrected chi connectivity index (χ2v) is 4.69. The lowest BCUT2D eigenvalue weighted by molar-refractivity contribution is -0.274. The Kier molecular flexibility index (Phi) is 4.02. The molecule has 0 aromatic heterocycles. The number of hydrogen-bond donors (Lipinski definition) is 0. The summed E-state index contributed by atoms with van der Waals surface area (Å²) in [6.07, 6.45) is -4.00. The fourth-order valence-corrected chi connectivity index (χ4v) is 2.23. The number of carbonyl (C=O) groups excluding carboxylic acids is 1. The molecule has 0 N–H and O–H groups in total. The molecule has 0 aliphatic rings. The van der Waals surface area contributed by atoms with Crippen molar-refractivity contribution in [2.75, 3.05) is 0 Å². The van der Waals surface area contributed by atoms with Gasteiger partial charge in [0.25, 0.3) is 0 Å². The van der Waals surface area contributed by atoms with Gasteiger partial charge in [-0.2, -0.15) is 0 Å². The lowest BCUT2D eigenvalue weighted by Crippen LogP contribution is -2.17. The number of halogens is 3. The molecule has 0 saturated heterocycles. The number of benzene rings is 2. The van der Waals surface area contributed by atoms with E-state index in [2.05, 4.69) is 4.74 Å². The molecule has 0 spiro atoms. The van der Waals surface area contributed by atoms with E-state index in [1.807, 2.05) is 0 Å². The summed E-state index contributed by atoms with van der Waals surface area (Å²) >= 11 is 0. The molecule has 2 nitrogen and oxygen atoms in total. The van der Waals surface area contributed by atoms with Crippen LogP contribution >= 0.6 is 0 Å². The number of alkyl halides is 3. The third kappa shape index (κ3) is 3.42. The van der Waals surface area contributed by atoms with E-state index in [4.69, 9.17) is 0 Å². The first kappa shape index (κ1) is 15.1. The fraction of sp³-hybridized carbons (Fsp3) is 0.188. The topological polar surface area (TPSA) is 26.3 Å². The highest BCUT2D eigenvalue weighted by molar-refractivity contribution is 5.83. The van der Waals surface area contributed by atoms with Crippen LogP contribution in [-0.4, -0.2) is 12.6 Å². The second kappa shape index (κ2) is 5.60. The molecule has 0 fully saturated rings. The summed E-state index contributed by atoms with van der Waals surface area (Å²) in [6.45, 7) is 3.49. The van der Waals surface area contributed by atoms with Crippen LogP contribution < -0.4 is 4.74 Å². The van der Waals surface area contributed by atoms with E-state index in [0.29, 0.717) is 27.8 Å². The summed E-state index contributed by atoms with van der Waals surface area (Å²) in [5.74, 6) is -0.261. The van der Waals surface area contributed by atoms with E-state index >= 15 is 0 Å². The Morgan fingerprint density at radius 2 is 1.62 bits per heavy atom. The molecular formula is C16H13F3O2. The van der Waals surface area contributed by atoms with Gasteiger partial charge in [0, 0.05) is 11.1 Å². The SMILES string of the molecule is Cc1cc(-c2ccccc2OC(F)(F)F)cc(C)c1C=O. The zero-order valence-electron chi connectivity index (χ0n) is 11.5. The predicted molar refractivity (Wildman–Crippen MR) is 73.4 cm³/mol. The second-order valence-electron chi connectivity index (χ2n) is 4.69. The first-order valence-corrected chi connectivity index (χ1v) is 6.23. The molecule has 0 heterocycles. The maximum absolute atomic E-state index is 12.4. The number of aryl methyl sites for hydroxylation is 2. The number of hydrogen-bond acceptors (Lipinski definition) is 2. The van der Waals surface area contributed by atoms with Crippen molar-refractivity contribution in [1.29, 1.82) is 0 Å². The van der Waals surface area contributed by atoms with Gasteiger partial charge in [-0.25, -0.2) is 0 Å². The summed E-state index contributed by atoms with van der Waals surface area (Å²) < 4.78 is 41.4. The van der Waals surface area contributed by atoms with Crippen LogP contribution in [-0.2, 0) is 0 Å². The molecule has 0 aliphatic carbocycles. The lowest BCUT2D eigenvalue weighted by atomic mass is 9.96. The largest absolute Gasteiger partial charge is 0.573 e. The zero-order chi connectivity index (χ0) is 15.6. The maximum atomic E-state index is 12.4. The standard InChI is InChI=1S/C16H13F3O2/c1-10-7-12(8-11(2)14(10)9-20)13-5-3-4-6-15(13)21-16(17,18)19/h3-9H,1-2H3. The number of ether oxygens (including phenoxy) is 1. The van der Waals surface area contributed by atoms with Gasteiger partial charge in [-0.15, -0.1) is 13.2 Å². The van der Waals surface area contributed by atoms with Crippen LogP contribution in [0, 0.1) is 13.8 Å². The summed E-state index contributed by atoms with van der Waals surface area (Å²) in [7, 11) is 0. The van der Waals surface area contributed by atoms with Crippen LogP contribution in [0.25, 0.3) is 11.1 Å². The smallest absolute Gasteiger partial charge is 0.405 e. The highest BCUT2D eigenvalue weighted by atomic mass is 19.4. The van der Waals surface area contributed by atoms with Crippen LogP contribution in [0.4, 0.5) is 13.2 Å². The molecule has 0 amide bonds. The van der Waals surface area contributed by atoms with Crippen molar-refractivity contribution in [2.24, 2.45) is 0 Å². The van der Waals surface area contributed by atoms with Crippen molar-refractivity contribution in [3.05, 3.63) is 53.1 Å². The molecule has 0 radical (unpaired) electrons. The summed E-state index contributed by atoms with van der Waals surface area (Å²) in [4.78, 5) is 11.0. The van der Waals surface area contributed by atoms with Gasteiger partial charge in [0.1, 0.15) is 5.75 Å². The Hall–Kier alpha value is -2.30. The van der Waals surface area contributed by atoms with Crippen molar-refractivity contribution < 1.29 is 22.7 Å². The Morgan fingerprint density at radius 1 is 1.05 bits per heavy atom. The molecular weight excluding hydrogens is 281 g/mol. The molecule has 110 valence electrons. The number of carbonyl (C=O) groups is 1. The lowest BCUT2D eigenvalue weighted by Gasteiger charge is -2.15. The van der Waals surface area contributed by atoms with Crippen LogP contribution in [0.15, 0.2) is 36.4 Å². The quantitative estimate of drug-likeness (QED) is 0.768. The monoisotopic (exact) mass is 294 g/mol. The third-order valence-corrected chi connectivity index (χ3v) is 3.14. The maximum Gasteiger partial charge on any atom is 0.573 e. The van der Waals surface area contributed by atoms with Gasteiger partial charge in [0.15, 0.2) is 6.29 Å². The number of rotatable bonds is 3. The van der Waals surface area contributed by atoms with Crippen molar-refractivity contribution in [1.82, 2.24) is 0 Å². The Bertz CT molecular complexity index is 652. The van der Waals surface area contributed by atoms with E-state index in [0.717, 1.165) is 6.29 Å². The van der Waals surface area contributed by atoms with Gasteiger partial charge in [-0.1, -0.05) is 30.3 Å². The molecule has 0 saturated carbocycles.